The number of rotatable bonds is 5. The van der Waals surface area contributed by atoms with Crippen LogP contribution in [0.15, 0.2) is 60.7 Å². The molecule has 0 bridgehead atoms. The van der Waals surface area contributed by atoms with Crippen LogP contribution in [0.4, 0.5) is 16.2 Å². The van der Waals surface area contributed by atoms with Gasteiger partial charge in [0.2, 0.25) is 5.91 Å². The zero-order chi connectivity index (χ0) is 21.2. The molecule has 5 rings (SSSR count). The first-order chi connectivity index (χ1) is 15.2. The number of hydrogen-bond donors (Lipinski definition) is 2. The molecular weight excluding hydrogens is 388 g/mol. The maximum Gasteiger partial charge on any atom is 0.321 e. The molecule has 2 heterocycles. The van der Waals surface area contributed by atoms with Gasteiger partial charge in [0.05, 0.1) is 6.04 Å². The highest BCUT2D eigenvalue weighted by Gasteiger charge is 2.48. The van der Waals surface area contributed by atoms with Gasteiger partial charge in [0.1, 0.15) is 0 Å². The number of urea groups is 1. The Balaban J connectivity index is 1.26. The maximum atomic E-state index is 13.2. The summed E-state index contributed by atoms with van der Waals surface area (Å²) in [5.41, 5.74) is 1.66. The molecule has 3 atom stereocenters. The zero-order valence-corrected chi connectivity index (χ0v) is 17.7. The van der Waals surface area contributed by atoms with Crippen LogP contribution < -0.4 is 10.6 Å². The molecular formula is C25H30N4O2. The van der Waals surface area contributed by atoms with Crippen molar-refractivity contribution in [2.24, 2.45) is 11.8 Å². The first-order valence-corrected chi connectivity index (χ1v) is 11.4. The summed E-state index contributed by atoms with van der Waals surface area (Å²) in [6.45, 7) is 2.44. The predicted molar refractivity (Wildman–Crippen MR) is 122 cm³/mol. The molecule has 6 nitrogen and oxygen atoms in total. The van der Waals surface area contributed by atoms with Crippen LogP contribution >= 0.6 is 0 Å². The van der Waals surface area contributed by atoms with E-state index in [-0.39, 0.29) is 18.0 Å². The normalized spacial score (nSPS) is 25.7. The first-order valence-electron chi connectivity index (χ1n) is 11.4. The number of carbonyl (C=O) groups excluding carboxylic acids is 2. The second kappa shape index (κ2) is 8.71. The largest absolute Gasteiger partial charge is 0.325 e. The molecule has 31 heavy (non-hydrogen) atoms. The molecule has 1 saturated carbocycles. The summed E-state index contributed by atoms with van der Waals surface area (Å²) >= 11 is 0. The number of fused-ring (bicyclic) bond motifs is 1. The molecule has 3 fully saturated rings. The van der Waals surface area contributed by atoms with Gasteiger partial charge in [-0.1, -0.05) is 36.4 Å². The Morgan fingerprint density at radius 2 is 1.52 bits per heavy atom. The number of anilines is 2. The summed E-state index contributed by atoms with van der Waals surface area (Å²) < 4.78 is 0. The lowest BCUT2D eigenvalue weighted by atomic mass is 9.92. The third-order valence-electron chi connectivity index (χ3n) is 6.87. The van der Waals surface area contributed by atoms with E-state index in [4.69, 9.17) is 0 Å². The first kappa shape index (κ1) is 20.1. The second-order valence-corrected chi connectivity index (χ2v) is 9.11. The SMILES string of the molecule is O=C(Nc1ccccc1)[C@@H]1C[C@@H]2CN(C(=O)Nc3ccccc3)CC[C@@H]2N1CC1CC1. The smallest absolute Gasteiger partial charge is 0.321 e. The van der Waals surface area contributed by atoms with Gasteiger partial charge in [-0.15, -0.1) is 0 Å². The molecule has 2 aromatic rings. The van der Waals surface area contributed by atoms with Gasteiger partial charge in [-0.05, 0) is 61.8 Å². The number of nitrogens with one attached hydrogen (secondary N) is 2. The quantitative estimate of drug-likeness (QED) is 0.771. The van der Waals surface area contributed by atoms with Gasteiger partial charge in [0, 0.05) is 37.1 Å². The van der Waals surface area contributed by atoms with Crippen molar-refractivity contribution < 1.29 is 9.59 Å². The molecule has 6 heteroatoms. The fourth-order valence-electron chi connectivity index (χ4n) is 5.12. The molecule has 2 saturated heterocycles. The minimum absolute atomic E-state index is 0.0458. The molecule has 0 aromatic heterocycles. The van der Waals surface area contributed by atoms with Crippen LogP contribution in [-0.4, -0.2) is 53.5 Å². The minimum atomic E-state index is -0.118. The molecule has 2 aromatic carbocycles. The van der Waals surface area contributed by atoms with Gasteiger partial charge >= 0.3 is 6.03 Å². The molecule has 1 aliphatic carbocycles. The number of amides is 3. The molecule has 162 valence electrons. The lowest BCUT2D eigenvalue weighted by molar-refractivity contribution is -0.120. The van der Waals surface area contributed by atoms with Crippen LogP contribution in [0.25, 0.3) is 0 Å². The van der Waals surface area contributed by atoms with Crippen molar-refractivity contribution in [3.05, 3.63) is 60.7 Å². The number of piperidine rings is 1. The minimum Gasteiger partial charge on any atom is -0.325 e. The Labute approximate surface area is 183 Å². The number of likely N-dealkylation sites (tertiary alicyclic amines) is 2. The average molecular weight is 419 g/mol. The van der Waals surface area contributed by atoms with E-state index in [1.54, 1.807) is 0 Å². The summed E-state index contributed by atoms with van der Waals surface area (Å²) in [5, 5.41) is 6.12. The van der Waals surface area contributed by atoms with Crippen molar-refractivity contribution in [3.63, 3.8) is 0 Å². The van der Waals surface area contributed by atoms with Gasteiger partial charge in [0.15, 0.2) is 0 Å². The fourth-order valence-corrected chi connectivity index (χ4v) is 5.12. The van der Waals surface area contributed by atoms with Gasteiger partial charge in [-0.2, -0.15) is 0 Å². The monoisotopic (exact) mass is 418 g/mol. The third kappa shape index (κ3) is 4.59. The van der Waals surface area contributed by atoms with Gasteiger partial charge in [0.25, 0.3) is 0 Å². The summed E-state index contributed by atoms with van der Waals surface area (Å²) in [7, 11) is 0. The van der Waals surface area contributed by atoms with Crippen molar-refractivity contribution >= 4 is 23.3 Å². The van der Waals surface area contributed by atoms with Gasteiger partial charge < -0.3 is 15.5 Å². The molecule has 0 spiro atoms. The molecule has 3 aliphatic rings. The van der Waals surface area contributed by atoms with E-state index in [9.17, 15) is 9.59 Å². The Hall–Kier alpha value is -2.86. The third-order valence-corrected chi connectivity index (χ3v) is 6.87. The highest BCUT2D eigenvalue weighted by molar-refractivity contribution is 5.95. The predicted octanol–water partition coefficient (Wildman–Crippen LogP) is 4.03. The van der Waals surface area contributed by atoms with E-state index in [2.05, 4.69) is 15.5 Å². The Morgan fingerprint density at radius 3 is 2.16 bits per heavy atom. The topological polar surface area (TPSA) is 64.7 Å². The lowest BCUT2D eigenvalue weighted by Gasteiger charge is -2.38. The Bertz CT molecular complexity index is 916. The van der Waals surface area contributed by atoms with E-state index in [0.29, 0.717) is 18.5 Å². The van der Waals surface area contributed by atoms with E-state index < -0.39 is 0 Å². The number of nitrogens with zero attached hydrogens (tertiary/aromatic N) is 2. The van der Waals surface area contributed by atoms with Gasteiger partial charge in [-0.25, -0.2) is 4.79 Å². The van der Waals surface area contributed by atoms with Crippen LogP contribution in [0.5, 0.6) is 0 Å². The number of benzene rings is 2. The van der Waals surface area contributed by atoms with E-state index >= 15 is 0 Å². The highest BCUT2D eigenvalue weighted by atomic mass is 16.2. The summed E-state index contributed by atoms with van der Waals surface area (Å²) in [6.07, 6.45) is 4.28. The van der Waals surface area contributed by atoms with Crippen LogP contribution in [0.1, 0.15) is 25.7 Å². The van der Waals surface area contributed by atoms with E-state index in [0.717, 1.165) is 43.2 Å². The Morgan fingerprint density at radius 1 is 0.871 bits per heavy atom. The van der Waals surface area contributed by atoms with Crippen molar-refractivity contribution in [2.45, 2.75) is 37.8 Å². The van der Waals surface area contributed by atoms with Crippen LogP contribution in [0, 0.1) is 11.8 Å². The second-order valence-electron chi connectivity index (χ2n) is 9.11. The lowest BCUT2D eigenvalue weighted by Crippen LogP contribution is -2.51. The molecule has 2 N–H and O–H groups in total. The van der Waals surface area contributed by atoms with E-state index in [1.165, 1.54) is 12.8 Å². The zero-order valence-electron chi connectivity index (χ0n) is 17.7. The van der Waals surface area contributed by atoms with Crippen molar-refractivity contribution in [1.82, 2.24) is 9.80 Å². The van der Waals surface area contributed by atoms with Crippen molar-refractivity contribution in [1.29, 1.82) is 0 Å². The Kier molecular flexibility index (Phi) is 5.64. The summed E-state index contributed by atoms with van der Waals surface area (Å²) in [5.74, 6) is 1.15. The number of hydrogen-bond acceptors (Lipinski definition) is 3. The average Bonchev–Trinajstić information content (AvgIpc) is 3.54. The van der Waals surface area contributed by atoms with Crippen molar-refractivity contribution in [2.75, 3.05) is 30.3 Å². The standard InChI is InChI=1S/C25H30N4O2/c30-24(26-20-7-3-1-4-8-20)23-15-19-17-28(25(31)27-21-9-5-2-6-10-21)14-13-22(19)29(23)16-18-11-12-18/h1-10,18-19,22-23H,11-17H2,(H,26,30)(H,27,31)/t19-,22+,23+/m1/s1. The van der Waals surface area contributed by atoms with Gasteiger partial charge in [-0.3, -0.25) is 9.69 Å². The number of para-hydroxylation sites is 2. The number of carbonyl (C=O) groups is 2. The molecule has 3 amide bonds. The fraction of sp³-hybridized carbons (Fsp3) is 0.440. The van der Waals surface area contributed by atoms with Crippen LogP contribution in [0.2, 0.25) is 0 Å². The molecule has 2 aliphatic heterocycles. The van der Waals surface area contributed by atoms with E-state index in [1.807, 2.05) is 65.6 Å². The van der Waals surface area contributed by atoms with Crippen LogP contribution in [-0.2, 0) is 4.79 Å². The molecule has 0 radical (unpaired) electrons. The molecule has 0 unspecified atom stereocenters. The van der Waals surface area contributed by atoms with Crippen LogP contribution in [0.3, 0.4) is 0 Å². The maximum absolute atomic E-state index is 13.2. The summed E-state index contributed by atoms with van der Waals surface area (Å²) in [4.78, 5) is 30.4. The summed E-state index contributed by atoms with van der Waals surface area (Å²) in [6, 6.07) is 19.5. The highest BCUT2D eigenvalue weighted by Crippen LogP contribution is 2.40. The van der Waals surface area contributed by atoms with Crippen molar-refractivity contribution in [3.8, 4) is 0 Å².